The highest BCUT2D eigenvalue weighted by molar-refractivity contribution is 5.82. The molecule has 4 aliphatic carbocycles. The van der Waals surface area contributed by atoms with Gasteiger partial charge in [-0.05, 0) is 116 Å². The third-order valence-electron chi connectivity index (χ3n) is 11.5. The highest BCUT2D eigenvalue weighted by atomic mass is 16.4. The van der Waals surface area contributed by atoms with Crippen molar-refractivity contribution < 1.29 is 19.8 Å². The fourth-order valence-electron chi connectivity index (χ4n) is 8.98. The number of nitrogens with one attached hydrogen (secondary N) is 1. The average molecular weight is 565 g/mol. The normalized spacial score (nSPS) is 33.1. The van der Waals surface area contributed by atoms with E-state index in [0.29, 0.717) is 17.8 Å². The molecule has 41 heavy (non-hydrogen) atoms. The number of rotatable bonds is 7. The van der Waals surface area contributed by atoms with Gasteiger partial charge in [0.2, 0.25) is 5.91 Å². The Hall–Kier alpha value is -2.60. The summed E-state index contributed by atoms with van der Waals surface area (Å²) in [7, 11) is 0. The highest BCUT2D eigenvalue weighted by Gasteiger charge is 2.57. The van der Waals surface area contributed by atoms with Crippen LogP contribution < -0.4 is 11.1 Å². The number of primary amides is 1. The Morgan fingerprint density at radius 1 is 1.02 bits per heavy atom. The maximum atomic E-state index is 11.1. The number of benzene rings is 1. The number of carbonyl (C=O) groups is 2. The number of carboxylic acids is 1. The van der Waals surface area contributed by atoms with Crippen LogP contribution in [0, 0.1) is 34.0 Å². The fourth-order valence-corrected chi connectivity index (χ4v) is 8.98. The number of aliphatic hydroxyl groups excluding tert-OH is 1. The predicted octanol–water partition coefficient (Wildman–Crippen LogP) is 7.10. The van der Waals surface area contributed by atoms with E-state index >= 15 is 0 Å². The number of allylic oxidation sites excluding steroid dienone is 4. The number of fused-ring (bicyclic) bond motifs is 4. The number of aliphatic carboxylic acids is 1. The van der Waals surface area contributed by atoms with Crippen molar-refractivity contribution in [3.05, 3.63) is 53.1 Å². The summed E-state index contributed by atoms with van der Waals surface area (Å²) in [4.78, 5) is 21.7. The van der Waals surface area contributed by atoms with Gasteiger partial charge in [-0.25, -0.2) is 0 Å². The molecule has 5 N–H and O–H groups in total. The van der Waals surface area contributed by atoms with Crippen LogP contribution in [0.2, 0.25) is 0 Å². The number of hydrogen-bond donors (Lipinski definition) is 4. The summed E-state index contributed by atoms with van der Waals surface area (Å²) < 4.78 is 0. The number of para-hydroxylation sites is 1. The molecule has 1 unspecified atom stereocenters. The molecule has 4 aliphatic rings. The van der Waals surface area contributed by atoms with Gasteiger partial charge in [-0.1, -0.05) is 64.5 Å². The first-order valence-electron chi connectivity index (χ1n) is 15.7. The molecule has 1 aromatic rings. The van der Waals surface area contributed by atoms with Gasteiger partial charge in [0.25, 0.3) is 0 Å². The second kappa shape index (κ2) is 11.9. The number of nitrogens with two attached hydrogens (primary N) is 1. The Morgan fingerprint density at radius 2 is 1.71 bits per heavy atom. The number of aliphatic hydroxyl groups is 1. The summed E-state index contributed by atoms with van der Waals surface area (Å²) in [6.07, 6.45) is 11.3. The van der Waals surface area contributed by atoms with Crippen molar-refractivity contribution in [2.45, 2.75) is 111 Å². The number of anilines is 1. The summed E-state index contributed by atoms with van der Waals surface area (Å²) in [5.74, 6) is 0.562. The maximum Gasteiger partial charge on any atom is 0.303 e. The minimum absolute atomic E-state index is 0.00970. The van der Waals surface area contributed by atoms with Gasteiger partial charge in [0.05, 0.1) is 6.10 Å². The van der Waals surface area contributed by atoms with E-state index in [4.69, 9.17) is 10.8 Å². The lowest BCUT2D eigenvalue weighted by atomic mass is 9.46. The topological polar surface area (TPSA) is 113 Å². The minimum atomic E-state index is -0.671. The molecule has 0 aliphatic heterocycles. The van der Waals surface area contributed by atoms with Crippen molar-refractivity contribution in [1.29, 1.82) is 0 Å². The van der Waals surface area contributed by atoms with Gasteiger partial charge >= 0.3 is 5.97 Å². The molecule has 0 aromatic heterocycles. The van der Waals surface area contributed by atoms with Crippen molar-refractivity contribution in [3.63, 3.8) is 0 Å². The SMILES string of the molecule is CC(Nc1ccccc1)C(N)=O.C[C@H](CCC(=O)O)[C@H]1CC=C2C3=C(CC[C@@]21C)[C@@]1(C)CC[C@H](O)C(C)(C)[C@@H]1CC3. The molecule has 1 amide bonds. The zero-order chi connectivity index (χ0) is 30.2. The zero-order valence-electron chi connectivity index (χ0n) is 26.0. The van der Waals surface area contributed by atoms with Crippen molar-refractivity contribution in [2.75, 3.05) is 5.32 Å². The lowest BCUT2D eigenvalue weighted by Gasteiger charge is -2.59. The smallest absolute Gasteiger partial charge is 0.303 e. The first-order chi connectivity index (χ1) is 19.2. The molecule has 6 heteroatoms. The van der Waals surface area contributed by atoms with Crippen molar-refractivity contribution in [2.24, 2.45) is 39.7 Å². The summed E-state index contributed by atoms with van der Waals surface area (Å²) >= 11 is 0. The van der Waals surface area contributed by atoms with E-state index in [2.05, 4.69) is 46.0 Å². The molecule has 6 nitrogen and oxygen atoms in total. The molecular weight excluding hydrogens is 512 g/mol. The number of carbonyl (C=O) groups excluding carboxylic acids is 1. The van der Waals surface area contributed by atoms with Crippen LogP contribution in [0.4, 0.5) is 5.69 Å². The van der Waals surface area contributed by atoms with E-state index in [0.717, 1.165) is 37.8 Å². The molecule has 0 spiro atoms. The quantitative estimate of drug-likeness (QED) is 0.282. The number of carboxylic acid groups (broad SMARTS) is 1. The number of hydrogen-bond acceptors (Lipinski definition) is 4. The minimum Gasteiger partial charge on any atom is -0.481 e. The molecule has 226 valence electrons. The molecule has 7 atom stereocenters. The van der Waals surface area contributed by atoms with Crippen LogP contribution in [0.25, 0.3) is 0 Å². The maximum absolute atomic E-state index is 11.1. The molecule has 5 rings (SSSR count). The monoisotopic (exact) mass is 564 g/mol. The zero-order valence-corrected chi connectivity index (χ0v) is 26.0. The second-order valence-corrected chi connectivity index (χ2v) is 14.3. The van der Waals surface area contributed by atoms with E-state index in [-0.39, 0.29) is 40.7 Å². The molecule has 0 bridgehead atoms. The van der Waals surface area contributed by atoms with Gasteiger partial charge in [0, 0.05) is 12.1 Å². The van der Waals surface area contributed by atoms with Crippen LogP contribution in [0.5, 0.6) is 0 Å². The molecule has 0 radical (unpaired) electrons. The lowest BCUT2D eigenvalue weighted by Crippen LogP contribution is -2.53. The highest BCUT2D eigenvalue weighted by Crippen LogP contribution is 2.66. The van der Waals surface area contributed by atoms with Crippen LogP contribution in [0.3, 0.4) is 0 Å². The van der Waals surface area contributed by atoms with Crippen LogP contribution in [-0.2, 0) is 9.59 Å². The van der Waals surface area contributed by atoms with Crippen molar-refractivity contribution in [3.8, 4) is 0 Å². The molecule has 0 saturated heterocycles. The van der Waals surface area contributed by atoms with Crippen LogP contribution in [0.15, 0.2) is 53.1 Å². The largest absolute Gasteiger partial charge is 0.481 e. The van der Waals surface area contributed by atoms with Gasteiger partial charge in [0.1, 0.15) is 6.04 Å². The van der Waals surface area contributed by atoms with E-state index < -0.39 is 5.97 Å². The lowest BCUT2D eigenvalue weighted by molar-refractivity contribution is -0.137. The first kappa shape index (κ1) is 31.3. The third-order valence-corrected chi connectivity index (χ3v) is 11.5. The van der Waals surface area contributed by atoms with Crippen LogP contribution in [0.1, 0.15) is 99.3 Å². The molecule has 1 aromatic carbocycles. The van der Waals surface area contributed by atoms with E-state index in [1.807, 2.05) is 30.3 Å². The van der Waals surface area contributed by atoms with Gasteiger partial charge in [-0.3, -0.25) is 9.59 Å². The van der Waals surface area contributed by atoms with Crippen LogP contribution >= 0.6 is 0 Å². The summed E-state index contributed by atoms with van der Waals surface area (Å²) in [5, 5.41) is 22.8. The van der Waals surface area contributed by atoms with Crippen molar-refractivity contribution in [1.82, 2.24) is 0 Å². The Labute approximate surface area is 246 Å². The molecule has 1 saturated carbocycles. The average Bonchev–Trinajstić information content (AvgIpc) is 3.28. The first-order valence-corrected chi connectivity index (χ1v) is 15.7. The third kappa shape index (κ3) is 6.00. The fraction of sp³-hybridized carbons (Fsp3) is 0.657. The summed E-state index contributed by atoms with van der Waals surface area (Å²) in [6.45, 7) is 13.5. The second-order valence-electron chi connectivity index (χ2n) is 14.3. The predicted molar refractivity (Wildman–Crippen MR) is 165 cm³/mol. The summed E-state index contributed by atoms with van der Waals surface area (Å²) in [6, 6.07) is 9.16. The Kier molecular flexibility index (Phi) is 9.13. The van der Waals surface area contributed by atoms with Gasteiger partial charge in [-0.15, -0.1) is 0 Å². The van der Waals surface area contributed by atoms with E-state index in [9.17, 15) is 14.7 Å². The van der Waals surface area contributed by atoms with Gasteiger partial charge in [0.15, 0.2) is 0 Å². The summed E-state index contributed by atoms with van der Waals surface area (Å²) in [5.41, 5.74) is 11.4. The van der Waals surface area contributed by atoms with E-state index in [1.54, 1.807) is 23.6 Å². The standard InChI is InChI=1S/C26H40O3.C9H12N2O/c1-16(6-11-23(28)29)18-8-9-19-17-7-10-21-24(2,3)22(27)13-15-26(21,5)20(17)12-14-25(18,19)4;1-7(9(10)12)11-8-5-3-2-4-6-8/h9,16,18,21-22,27H,6-8,10-15H2,1-5H3,(H,28,29);2-7,11H,1H3,(H2,10,12)/t16-,18-,21+,22+,25-,26-;/m1./s1. The van der Waals surface area contributed by atoms with Crippen LogP contribution in [-0.4, -0.2) is 34.2 Å². The Bertz CT molecular complexity index is 1190. The van der Waals surface area contributed by atoms with Gasteiger partial charge in [-0.2, -0.15) is 0 Å². The Balaban J connectivity index is 0.000000271. The van der Waals surface area contributed by atoms with E-state index in [1.165, 1.54) is 19.3 Å². The molecular formula is C35H52N2O4. The van der Waals surface area contributed by atoms with Gasteiger partial charge < -0.3 is 21.3 Å². The molecule has 0 heterocycles. The van der Waals surface area contributed by atoms with Crippen molar-refractivity contribution >= 4 is 17.6 Å². The Morgan fingerprint density at radius 3 is 2.34 bits per heavy atom. The number of amides is 1. The molecule has 1 fully saturated rings.